The molecule has 2 rings (SSSR count). The molecule has 0 bridgehead atoms. The molecule has 0 aromatic heterocycles. The molecule has 0 atom stereocenters. The van der Waals surface area contributed by atoms with Crippen molar-refractivity contribution in [2.24, 2.45) is 0 Å². The lowest BCUT2D eigenvalue weighted by Gasteiger charge is -2.10. The average molecular weight is 319 g/mol. The van der Waals surface area contributed by atoms with Crippen LogP contribution >= 0.6 is 23.8 Å². The first-order valence-electron chi connectivity index (χ1n) is 7.08. The number of unbranched alkanes of at least 4 members (excludes halogenated alkanes) is 1. The van der Waals surface area contributed by atoms with Crippen molar-refractivity contribution in [1.29, 1.82) is 0 Å². The van der Waals surface area contributed by atoms with Crippen molar-refractivity contribution >= 4 is 34.6 Å². The number of anilines is 1. The lowest BCUT2D eigenvalue weighted by Crippen LogP contribution is -2.29. The molecular formula is C17H19ClN2S. The average Bonchev–Trinajstić information content (AvgIpc) is 2.50. The van der Waals surface area contributed by atoms with Gasteiger partial charge in [-0.25, -0.2) is 0 Å². The highest BCUT2D eigenvalue weighted by molar-refractivity contribution is 7.80. The summed E-state index contributed by atoms with van der Waals surface area (Å²) in [6.07, 6.45) is 3.36. The maximum atomic E-state index is 5.84. The maximum Gasteiger partial charge on any atom is 0.170 e. The van der Waals surface area contributed by atoms with Crippen LogP contribution in [0.15, 0.2) is 54.6 Å². The van der Waals surface area contributed by atoms with E-state index in [0.717, 1.165) is 36.5 Å². The molecule has 0 unspecified atom stereocenters. The topological polar surface area (TPSA) is 24.1 Å². The van der Waals surface area contributed by atoms with Crippen LogP contribution in [0.2, 0.25) is 5.02 Å². The van der Waals surface area contributed by atoms with E-state index in [1.54, 1.807) is 0 Å². The summed E-state index contributed by atoms with van der Waals surface area (Å²) < 4.78 is 0. The van der Waals surface area contributed by atoms with E-state index in [4.69, 9.17) is 23.8 Å². The minimum atomic E-state index is 0.650. The fourth-order valence-electron chi connectivity index (χ4n) is 2.01. The van der Waals surface area contributed by atoms with Gasteiger partial charge in [0.25, 0.3) is 0 Å². The van der Waals surface area contributed by atoms with Crippen molar-refractivity contribution in [2.75, 3.05) is 11.9 Å². The molecular weight excluding hydrogens is 300 g/mol. The Kier molecular flexibility index (Phi) is 6.51. The summed E-state index contributed by atoms with van der Waals surface area (Å²) in [5.41, 5.74) is 2.33. The van der Waals surface area contributed by atoms with Gasteiger partial charge in [-0.15, -0.1) is 0 Å². The Morgan fingerprint density at radius 2 is 1.67 bits per heavy atom. The quantitative estimate of drug-likeness (QED) is 0.599. The Labute approximate surface area is 136 Å². The van der Waals surface area contributed by atoms with E-state index >= 15 is 0 Å². The van der Waals surface area contributed by atoms with Crippen molar-refractivity contribution in [3.8, 4) is 0 Å². The van der Waals surface area contributed by atoms with Crippen molar-refractivity contribution in [3.63, 3.8) is 0 Å². The van der Waals surface area contributed by atoms with E-state index in [1.165, 1.54) is 5.56 Å². The molecule has 21 heavy (non-hydrogen) atoms. The maximum absolute atomic E-state index is 5.84. The third-order valence-corrected chi connectivity index (χ3v) is 3.62. The molecule has 2 nitrogen and oxygen atoms in total. The van der Waals surface area contributed by atoms with Crippen LogP contribution in [0.25, 0.3) is 0 Å². The van der Waals surface area contributed by atoms with Gasteiger partial charge in [-0.3, -0.25) is 0 Å². The molecule has 0 radical (unpaired) electrons. The molecule has 110 valence electrons. The first-order valence-corrected chi connectivity index (χ1v) is 7.87. The summed E-state index contributed by atoms with van der Waals surface area (Å²) in [6.45, 7) is 0.881. The van der Waals surface area contributed by atoms with E-state index in [2.05, 4.69) is 34.9 Å². The number of nitrogens with one attached hydrogen (secondary N) is 2. The van der Waals surface area contributed by atoms with Crippen LogP contribution in [-0.4, -0.2) is 11.7 Å². The van der Waals surface area contributed by atoms with Gasteiger partial charge in [0, 0.05) is 17.3 Å². The van der Waals surface area contributed by atoms with Gasteiger partial charge in [0.15, 0.2) is 5.11 Å². The molecule has 0 amide bonds. The zero-order chi connectivity index (χ0) is 14.9. The Morgan fingerprint density at radius 3 is 2.38 bits per heavy atom. The second-order valence-corrected chi connectivity index (χ2v) is 5.68. The highest BCUT2D eigenvalue weighted by Gasteiger charge is 1.98. The molecule has 4 heteroatoms. The summed E-state index contributed by atoms with van der Waals surface area (Å²) in [6, 6.07) is 18.0. The number of benzene rings is 2. The molecule has 0 aliphatic rings. The van der Waals surface area contributed by atoms with Crippen LogP contribution in [0.4, 0.5) is 5.69 Å². The first-order chi connectivity index (χ1) is 10.2. The van der Waals surface area contributed by atoms with Crippen molar-refractivity contribution in [3.05, 3.63) is 65.2 Å². The number of aryl methyl sites for hydroxylation is 1. The van der Waals surface area contributed by atoms with E-state index in [-0.39, 0.29) is 0 Å². The Morgan fingerprint density at radius 1 is 0.952 bits per heavy atom. The summed E-state index contributed by atoms with van der Waals surface area (Å²) >= 11 is 11.1. The van der Waals surface area contributed by atoms with Crippen LogP contribution in [0.3, 0.4) is 0 Å². The van der Waals surface area contributed by atoms with Gasteiger partial charge >= 0.3 is 0 Å². The zero-order valence-corrected chi connectivity index (χ0v) is 13.4. The second-order valence-electron chi connectivity index (χ2n) is 4.83. The summed E-state index contributed by atoms with van der Waals surface area (Å²) in [5.74, 6) is 0. The number of thiocarbonyl (C=S) groups is 1. The van der Waals surface area contributed by atoms with Crippen molar-refractivity contribution in [2.45, 2.75) is 19.3 Å². The van der Waals surface area contributed by atoms with Crippen LogP contribution in [0, 0.1) is 0 Å². The second kappa shape index (κ2) is 8.65. The Balaban J connectivity index is 1.60. The molecule has 0 aliphatic heterocycles. The molecule has 0 saturated heterocycles. The molecule has 0 spiro atoms. The van der Waals surface area contributed by atoms with Crippen LogP contribution in [0.5, 0.6) is 0 Å². The molecule has 2 aromatic rings. The fraction of sp³-hybridized carbons (Fsp3) is 0.235. The normalized spacial score (nSPS) is 10.1. The standard InChI is InChI=1S/C17H19ClN2S/c18-15-9-11-16(12-10-15)20-17(21)19-13-5-4-8-14-6-2-1-3-7-14/h1-3,6-7,9-12H,4-5,8,13H2,(H2,19,20,21). The Bertz CT molecular complexity index is 555. The minimum absolute atomic E-state index is 0.650. The van der Waals surface area contributed by atoms with Gasteiger partial charge in [0.05, 0.1) is 0 Å². The number of hydrogen-bond donors (Lipinski definition) is 2. The van der Waals surface area contributed by atoms with Crippen LogP contribution in [-0.2, 0) is 6.42 Å². The molecule has 2 aromatic carbocycles. The van der Waals surface area contributed by atoms with Gasteiger partial charge in [-0.05, 0) is 61.3 Å². The number of halogens is 1. The van der Waals surface area contributed by atoms with Gasteiger partial charge < -0.3 is 10.6 Å². The lowest BCUT2D eigenvalue weighted by molar-refractivity contribution is 0.711. The van der Waals surface area contributed by atoms with E-state index in [9.17, 15) is 0 Å². The van der Waals surface area contributed by atoms with E-state index < -0.39 is 0 Å². The van der Waals surface area contributed by atoms with E-state index in [0.29, 0.717) is 5.11 Å². The summed E-state index contributed by atoms with van der Waals surface area (Å²) in [5, 5.41) is 7.73. The predicted octanol–water partition coefficient (Wildman–Crippen LogP) is 4.65. The number of hydrogen-bond acceptors (Lipinski definition) is 1. The molecule has 0 saturated carbocycles. The van der Waals surface area contributed by atoms with Crippen LogP contribution in [0.1, 0.15) is 18.4 Å². The molecule has 0 aliphatic carbocycles. The largest absolute Gasteiger partial charge is 0.362 e. The fourth-order valence-corrected chi connectivity index (χ4v) is 2.36. The third-order valence-electron chi connectivity index (χ3n) is 3.12. The van der Waals surface area contributed by atoms with Crippen molar-refractivity contribution in [1.82, 2.24) is 5.32 Å². The van der Waals surface area contributed by atoms with Crippen molar-refractivity contribution < 1.29 is 0 Å². The van der Waals surface area contributed by atoms with E-state index in [1.807, 2.05) is 30.3 Å². The van der Waals surface area contributed by atoms with Gasteiger partial charge in [0.1, 0.15) is 0 Å². The SMILES string of the molecule is S=C(NCCCCc1ccccc1)Nc1ccc(Cl)cc1. The highest BCUT2D eigenvalue weighted by Crippen LogP contribution is 2.13. The predicted molar refractivity (Wildman–Crippen MR) is 95.1 cm³/mol. The number of rotatable bonds is 6. The molecule has 0 heterocycles. The van der Waals surface area contributed by atoms with Gasteiger partial charge in [-0.2, -0.15) is 0 Å². The third kappa shape index (κ3) is 6.15. The van der Waals surface area contributed by atoms with Gasteiger partial charge in [-0.1, -0.05) is 41.9 Å². The first kappa shape index (κ1) is 15.8. The monoisotopic (exact) mass is 318 g/mol. The lowest BCUT2D eigenvalue weighted by atomic mass is 10.1. The smallest absolute Gasteiger partial charge is 0.170 e. The Hall–Kier alpha value is -1.58. The summed E-state index contributed by atoms with van der Waals surface area (Å²) in [4.78, 5) is 0. The summed E-state index contributed by atoms with van der Waals surface area (Å²) in [7, 11) is 0. The highest BCUT2D eigenvalue weighted by atomic mass is 35.5. The molecule has 2 N–H and O–H groups in total. The van der Waals surface area contributed by atoms with Crippen LogP contribution < -0.4 is 10.6 Å². The van der Waals surface area contributed by atoms with Gasteiger partial charge in [0.2, 0.25) is 0 Å². The zero-order valence-electron chi connectivity index (χ0n) is 11.8. The molecule has 0 fully saturated rings. The minimum Gasteiger partial charge on any atom is -0.362 e.